The van der Waals surface area contributed by atoms with E-state index in [0.717, 1.165) is 26.2 Å². The zero-order valence-electron chi connectivity index (χ0n) is 8.83. The topological polar surface area (TPSA) is 52.6 Å². The van der Waals surface area contributed by atoms with Gasteiger partial charge in [-0.25, -0.2) is 0 Å². The Labute approximate surface area is 85.3 Å². The van der Waals surface area contributed by atoms with Crippen LogP contribution in [0.15, 0.2) is 0 Å². The molecular formula is C10H20N2O2. The first-order chi connectivity index (χ1) is 6.72. The molecule has 1 rings (SSSR count). The molecule has 0 spiro atoms. The monoisotopic (exact) mass is 200 g/mol. The first kappa shape index (κ1) is 11.5. The molecule has 0 radical (unpaired) electrons. The van der Waals surface area contributed by atoms with E-state index in [1.165, 1.54) is 12.8 Å². The predicted octanol–water partition coefficient (Wildman–Crippen LogP) is 0.535. The number of rotatable bonds is 5. The van der Waals surface area contributed by atoms with Crippen LogP contribution in [0.5, 0.6) is 0 Å². The molecule has 4 heteroatoms. The van der Waals surface area contributed by atoms with Gasteiger partial charge in [0.05, 0.1) is 6.42 Å². The lowest BCUT2D eigenvalue weighted by Crippen LogP contribution is -2.51. The van der Waals surface area contributed by atoms with Crippen LogP contribution in [-0.2, 0) is 4.79 Å². The fourth-order valence-corrected chi connectivity index (χ4v) is 1.83. The average Bonchev–Trinajstić information content (AvgIpc) is 2.14. The normalized spacial score (nSPS) is 23.6. The number of aliphatic carboxylic acids is 1. The summed E-state index contributed by atoms with van der Waals surface area (Å²) in [5.74, 6) is -0.708. The molecule has 0 aliphatic carbocycles. The van der Waals surface area contributed by atoms with Crippen molar-refractivity contribution in [3.63, 3.8) is 0 Å². The Hall–Kier alpha value is -0.610. The fourth-order valence-electron chi connectivity index (χ4n) is 1.83. The molecule has 1 unspecified atom stereocenters. The molecule has 0 amide bonds. The Kier molecular flexibility index (Phi) is 4.90. The second kappa shape index (κ2) is 5.98. The van der Waals surface area contributed by atoms with Crippen LogP contribution in [0.2, 0.25) is 0 Å². The molecule has 2 N–H and O–H groups in total. The predicted molar refractivity (Wildman–Crippen MR) is 55.4 cm³/mol. The molecule has 1 heterocycles. The van der Waals surface area contributed by atoms with Crippen molar-refractivity contribution >= 4 is 5.97 Å². The largest absolute Gasteiger partial charge is 0.481 e. The molecule has 0 aromatic carbocycles. The Morgan fingerprint density at radius 2 is 2.43 bits per heavy atom. The van der Waals surface area contributed by atoms with Crippen LogP contribution in [0, 0.1) is 0 Å². The van der Waals surface area contributed by atoms with Crippen molar-refractivity contribution in [1.82, 2.24) is 10.2 Å². The molecule has 1 saturated heterocycles. The van der Waals surface area contributed by atoms with E-state index in [2.05, 4.69) is 17.1 Å². The van der Waals surface area contributed by atoms with Gasteiger partial charge in [0.2, 0.25) is 0 Å². The van der Waals surface area contributed by atoms with Crippen LogP contribution >= 0.6 is 0 Å². The Morgan fingerprint density at radius 1 is 1.64 bits per heavy atom. The van der Waals surface area contributed by atoms with Gasteiger partial charge in [-0.15, -0.1) is 0 Å². The van der Waals surface area contributed by atoms with Crippen molar-refractivity contribution < 1.29 is 9.90 Å². The van der Waals surface area contributed by atoms with Gasteiger partial charge in [0.1, 0.15) is 0 Å². The van der Waals surface area contributed by atoms with E-state index in [1.54, 1.807) is 0 Å². The van der Waals surface area contributed by atoms with E-state index in [-0.39, 0.29) is 12.5 Å². The lowest BCUT2D eigenvalue weighted by Gasteiger charge is -2.32. The highest BCUT2D eigenvalue weighted by Crippen LogP contribution is 2.04. The minimum atomic E-state index is -0.708. The number of nitrogens with one attached hydrogen (secondary N) is 1. The number of nitrogens with zero attached hydrogens (tertiary/aromatic N) is 1. The molecule has 0 aromatic heterocycles. The number of carbonyl (C=O) groups is 1. The second-order valence-corrected chi connectivity index (χ2v) is 3.90. The highest BCUT2D eigenvalue weighted by atomic mass is 16.4. The van der Waals surface area contributed by atoms with Gasteiger partial charge in [-0.05, 0) is 13.0 Å². The zero-order valence-corrected chi connectivity index (χ0v) is 8.83. The molecule has 1 aliphatic heterocycles. The van der Waals surface area contributed by atoms with Crippen LogP contribution < -0.4 is 5.32 Å². The van der Waals surface area contributed by atoms with Crippen molar-refractivity contribution in [3.05, 3.63) is 0 Å². The third-order valence-corrected chi connectivity index (χ3v) is 2.59. The van der Waals surface area contributed by atoms with Gasteiger partial charge in [-0.3, -0.25) is 4.79 Å². The summed E-state index contributed by atoms with van der Waals surface area (Å²) in [5, 5.41) is 11.9. The molecule has 0 aromatic rings. The summed E-state index contributed by atoms with van der Waals surface area (Å²) in [5.41, 5.74) is 0. The summed E-state index contributed by atoms with van der Waals surface area (Å²) in [6.07, 6.45) is 2.65. The lowest BCUT2D eigenvalue weighted by atomic mass is 10.1. The molecule has 82 valence electrons. The fraction of sp³-hybridized carbons (Fsp3) is 0.900. The average molecular weight is 200 g/mol. The van der Waals surface area contributed by atoms with Crippen LogP contribution in [-0.4, -0.2) is 48.2 Å². The minimum Gasteiger partial charge on any atom is -0.481 e. The minimum absolute atomic E-state index is 0.137. The number of hydrogen-bond acceptors (Lipinski definition) is 3. The highest BCUT2D eigenvalue weighted by molar-refractivity contribution is 5.67. The maximum absolute atomic E-state index is 10.5. The van der Waals surface area contributed by atoms with Gasteiger partial charge < -0.3 is 15.3 Å². The van der Waals surface area contributed by atoms with E-state index in [9.17, 15) is 4.79 Å². The number of piperazine rings is 1. The maximum atomic E-state index is 10.5. The third-order valence-electron chi connectivity index (χ3n) is 2.59. The molecule has 1 atom stereocenters. The van der Waals surface area contributed by atoms with Crippen molar-refractivity contribution in [3.8, 4) is 0 Å². The zero-order chi connectivity index (χ0) is 10.4. The van der Waals surface area contributed by atoms with E-state index in [0.29, 0.717) is 0 Å². The summed E-state index contributed by atoms with van der Waals surface area (Å²) in [6, 6.07) is 0.137. The molecule has 1 fully saturated rings. The Bertz CT molecular complexity index is 185. The van der Waals surface area contributed by atoms with Crippen molar-refractivity contribution in [2.75, 3.05) is 26.2 Å². The summed E-state index contributed by atoms with van der Waals surface area (Å²) < 4.78 is 0. The molecular weight excluding hydrogens is 180 g/mol. The van der Waals surface area contributed by atoms with E-state index >= 15 is 0 Å². The Balaban J connectivity index is 2.24. The first-order valence-electron chi connectivity index (χ1n) is 5.40. The lowest BCUT2D eigenvalue weighted by molar-refractivity contribution is -0.137. The van der Waals surface area contributed by atoms with Crippen LogP contribution in [0.4, 0.5) is 0 Å². The molecule has 4 nitrogen and oxygen atoms in total. The summed E-state index contributed by atoms with van der Waals surface area (Å²) in [4.78, 5) is 12.9. The second-order valence-electron chi connectivity index (χ2n) is 3.90. The first-order valence-corrected chi connectivity index (χ1v) is 5.40. The maximum Gasteiger partial charge on any atom is 0.304 e. The van der Waals surface area contributed by atoms with Crippen LogP contribution in [0.3, 0.4) is 0 Å². The smallest absolute Gasteiger partial charge is 0.304 e. The number of carboxylic acid groups (broad SMARTS) is 1. The van der Waals surface area contributed by atoms with Gasteiger partial charge in [0.15, 0.2) is 0 Å². The number of unbranched alkanes of at least 4 members (excludes halogenated alkanes) is 1. The summed E-state index contributed by atoms with van der Waals surface area (Å²) in [7, 11) is 0. The van der Waals surface area contributed by atoms with Crippen molar-refractivity contribution in [1.29, 1.82) is 0 Å². The standard InChI is InChI=1S/C10H20N2O2/c1-2-3-5-12-6-4-11-9(8-12)7-10(13)14/h9,11H,2-8H2,1H3,(H,13,14). The SMILES string of the molecule is CCCCN1CCNC(CC(=O)O)C1. The third kappa shape index (κ3) is 4.07. The van der Waals surface area contributed by atoms with Crippen molar-refractivity contribution in [2.45, 2.75) is 32.2 Å². The van der Waals surface area contributed by atoms with E-state index in [4.69, 9.17) is 5.11 Å². The number of hydrogen-bond donors (Lipinski definition) is 2. The molecule has 0 bridgehead atoms. The van der Waals surface area contributed by atoms with Crippen LogP contribution in [0.25, 0.3) is 0 Å². The molecule has 14 heavy (non-hydrogen) atoms. The van der Waals surface area contributed by atoms with Gasteiger partial charge in [-0.1, -0.05) is 13.3 Å². The van der Waals surface area contributed by atoms with Gasteiger partial charge in [-0.2, -0.15) is 0 Å². The van der Waals surface area contributed by atoms with Gasteiger partial charge in [0, 0.05) is 25.7 Å². The summed E-state index contributed by atoms with van der Waals surface area (Å²) in [6.45, 7) is 6.13. The van der Waals surface area contributed by atoms with Crippen LogP contribution in [0.1, 0.15) is 26.2 Å². The van der Waals surface area contributed by atoms with E-state index in [1.807, 2.05) is 0 Å². The Morgan fingerprint density at radius 3 is 3.07 bits per heavy atom. The molecule has 0 saturated carbocycles. The van der Waals surface area contributed by atoms with E-state index < -0.39 is 5.97 Å². The molecule has 1 aliphatic rings. The van der Waals surface area contributed by atoms with Gasteiger partial charge >= 0.3 is 5.97 Å². The summed E-state index contributed by atoms with van der Waals surface area (Å²) >= 11 is 0. The highest BCUT2D eigenvalue weighted by Gasteiger charge is 2.20. The van der Waals surface area contributed by atoms with Gasteiger partial charge in [0.25, 0.3) is 0 Å². The number of carboxylic acids is 1. The van der Waals surface area contributed by atoms with Crippen molar-refractivity contribution in [2.24, 2.45) is 0 Å². The quantitative estimate of drug-likeness (QED) is 0.680.